The lowest BCUT2D eigenvalue weighted by molar-refractivity contribution is 0.160. The van der Waals surface area contributed by atoms with Gasteiger partial charge in [0.15, 0.2) is 0 Å². The number of piperazine rings is 1. The van der Waals surface area contributed by atoms with Gasteiger partial charge < -0.3 is 14.8 Å². The molecule has 1 fully saturated rings. The van der Waals surface area contributed by atoms with Crippen LogP contribution in [0.1, 0.15) is 6.42 Å². The molecule has 7 nitrogen and oxygen atoms in total. The van der Waals surface area contributed by atoms with Crippen molar-refractivity contribution in [2.45, 2.75) is 6.42 Å². The van der Waals surface area contributed by atoms with E-state index in [0.29, 0.717) is 58.9 Å². The van der Waals surface area contributed by atoms with Gasteiger partial charge in [0, 0.05) is 60.1 Å². The first kappa shape index (κ1) is 16.8. The van der Waals surface area contributed by atoms with Crippen LogP contribution >= 0.6 is 0 Å². The first-order valence-electron chi connectivity index (χ1n) is 6.56. The summed E-state index contributed by atoms with van der Waals surface area (Å²) in [5.41, 5.74) is 0. The second-order valence-electron chi connectivity index (χ2n) is 4.40. The van der Waals surface area contributed by atoms with Crippen LogP contribution in [0.15, 0.2) is 0 Å². The summed E-state index contributed by atoms with van der Waals surface area (Å²) in [6.45, 7) is 4.26. The minimum atomic E-state index is -3.39. The summed E-state index contributed by atoms with van der Waals surface area (Å²) in [5, 5.41) is 3.15. The molecule has 1 saturated heterocycles. The van der Waals surface area contributed by atoms with Crippen LogP contribution in [0.2, 0.25) is 0 Å². The van der Waals surface area contributed by atoms with Gasteiger partial charge in [-0.1, -0.05) is 0 Å². The molecule has 0 amide bonds. The predicted molar refractivity (Wildman–Crippen MR) is 73.3 cm³/mol. The third-order valence-corrected chi connectivity index (χ3v) is 5.06. The Labute approximate surface area is 116 Å². The Morgan fingerprint density at radius 1 is 1.11 bits per heavy atom. The van der Waals surface area contributed by atoms with Crippen molar-refractivity contribution in [1.82, 2.24) is 13.9 Å². The zero-order valence-electron chi connectivity index (χ0n) is 11.8. The van der Waals surface area contributed by atoms with Crippen LogP contribution in [0.3, 0.4) is 0 Å². The molecule has 19 heavy (non-hydrogen) atoms. The summed E-state index contributed by atoms with van der Waals surface area (Å²) in [6.07, 6.45) is 0.686. The Hall–Kier alpha value is -0.250. The van der Waals surface area contributed by atoms with Crippen LogP contribution in [0.4, 0.5) is 0 Å². The molecule has 1 aliphatic heterocycles. The van der Waals surface area contributed by atoms with Crippen molar-refractivity contribution in [2.75, 3.05) is 66.7 Å². The van der Waals surface area contributed by atoms with Gasteiger partial charge in [-0.3, -0.25) is 0 Å². The van der Waals surface area contributed by atoms with E-state index in [2.05, 4.69) is 5.32 Å². The summed E-state index contributed by atoms with van der Waals surface area (Å²) < 4.78 is 38.0. The molecule has 0 aromatic carbocycles. The maximum atomic E-state index is 12.5. The van der Waals surface area contributed by atoms with Crippen molar-refractivity contribution < 1.29 is 17.9 Å². The van der Waals surface area contributed by atoms with E-state index in [-0.39, 0.29) is 0 Å². The second-order valence-corrected chi connectivity index (χ2v) is 6.32. The molecule has 0 radical (unpaired) electrons. The Balaban J connectivity index is 2.63. The molecule has 8 heteroatoms. The third-order valence-electron chi connectivity index (χ3n) is 3.03. The van der Waals surface area contributed by atoms with Gasteiger partial charge in [0.05, 0.1) is 6.61 Å². The number of rotatable bonds is 9. The molecule has 0 unspecified atom stereocenters. The lowest BCUT2D eigenvalue weighted by Gasteiger charge is -2.32. The maximum Gasteiger partial charge on any atom is 0.282 e. The summed E-state index contributed by atoms with van der Waals surface area (Å²) in [7, 11) is -0.196. The molecular formula is C11H25N3O4S. The SMILES string of the molecule is COCCCN(CCOC)S(=O)(=O)N1CCNCC1. The molecule has 1 aliphatic rings. The molecule has 0 spiro atoms. The normalized spacial score (nSPS) is 18.1. The predicted octanol–water partition coefficient (Wildman–Crippen LogP) is -0.879. The zero-order chi connectivity index (χ0) is 14.1. The van der Waals surface area contributed by atoms with Crippen molar-refractivity contribution in [1.29, 1.82) is 0 Å². The van der Waals surface area contributed by atoms with E-state index in [0.717, 1.165) is 0 Å². The smallest absolute Gasteiger partial charge is 0.282 e. The molecule has 0 bridgehead atoms. The number of methoxy groups -OCH3 is 2. The minimum absolute atomic E-state index is 0.381. The van der Waals surface area contributed by atoms with Crippen molar-refractivity contribution >= 4 is 10.2 Å². The van der Waals surface area contributed by atoms with E-state index >= 15 is 0 Å². The molecule has 114 valence electrons. The van der Waals surface area contributed by atoms with Gasteiger partial charge in [0.2, 0.25) is 0 Å². The third kappa shape index (κ3) is 5.33. The van der Waals surface area contributed by atoms with Crippen LogP contribution in [-0.2, 0) is 19.7 Å². The average molecular weight is 295 g/mol. The lowest BCUT2D eigenvalue weighted by Crippen LogP contribution is -2.52. The van der Waals surface area contributed by atoms with Crippen molar-refractivity contribution in [3.05, 3.63) is 0 Å². The number of hydrogen-bond acceptors (Lipinski definition) is 5. The van der Waals surface area contributed by atoms with E-state index in [1.807, 2.05) is 0 Å². The van der Waals surface area contributed by atoms with Crippen molar-refractivity contribution in [3.8, 4) is 0 Å². The minimum Gasteiger partial charge on any atom is -0.385 e. The number of nitrogens with one attached hydrogen (secondary N) is 1. The van der Waals surface area contributed by atoms with E-state index in [1.165, 1.54) is 8.61 Å². The van der Waals surface area contributed by atoms with Gasteiger partial charge in [-0.05, 0) is 6.42 Å². The summed E-state index contributed by atoms with van der Waals surface area (Å²) in [4.78, 5) is 0. The molecule has 0 saturated carbocycles. The fourth-order valence-electron chi connectivity index (χ4n) is 1.96. The Morgan fingerprint density at radius 2 is 1.74 bits per heavy atom. The highest BCUT2D eigenvalue weighted by molar-refractivity contribution is 7.86. The van der Waals surface area contributed by atoms with E-state index < -0.39 is 10.2 Å². The van der Waals surface area contributed by atoms with E-state index in [9.17, 15) is 8.42 Å². The van der Waals surface area contributed by atoms with Crippen LogP contribution < -0.4 is 5.32 Å². The van der Waals surface area contributed by atoms with Crippen LogP contribution in [0, 0.1) is 0 Å². The second kappa shape index (κ2) is 8.83. The van der Waals surface area contributed by atoms with Crippen LogP contribution in [-0.4, -0.2) is 83.7 Å². The molecule has 0 aliphatic carbocycles. The average Bonchev–Trinajstić information content (AvgIpc) is 2.43. The number of ether oxygens (including phenoxy) is 2. The molecule has 1 rings (SSSR count). The van der Waals surface area contributed by atoms with Gasteiger partial charge in [-0.25, -0.2) is 0 Å². The monoisotopic (exact) mass is 295 g/mol. The van der Waals surface area contributed by atoms with Crippen molar-refractivity contribution in [2.24, 2.45) is 0 Å². The number of nitrogens with zero attached hydrogens (tertiary/aromatic N) is 2. The zero-order valence-corrected chi connectivity index (χ0v) is 12.6. The molecule has 1 heterocycles. The van der Waals surface area contributed by atoms with Crippen LogP contribution in [0.5, 0.6) is 0 Å². The van der Waals surface area contributed by atoms with Crippen LogP contribution in [0.25, 0.3) is 0 Å². The van der Waals surface area contributed by atoms with Crippen molar-refractivity contribution in [3.63, 3.8) is 0 Å². The largest absolute Gasteiger partial charge is 0.385 e. The topological polar surface area (TPSA) is 71.1 Å². The maximum absolute atomic E-state index is 12.5. The molecular weight excluding hydrogens is 270 g/mol. The Morgan fingerprint density at radius 3 is 2.32 bits per heavy atom. The quantitative estimate of drug-likeness (QED) is 0.560. The first-order valence-corrected chi connectivity index (χ1v) is 7.96. The van der Waals surface area contributed by atoms with E-state index in [1.54, 1.807) is 14.2 Å². The molecule has 0 aromatic heterocycles. The number of hydrogen-bond donors (Lipinski definition) is 1. The fraction of sp³-hybridized carbons (Fsp3) is 1.00. The Kier molecular flexibility index (Phi) is 7.81. The standard InChI is InChI=1S/C11H25N3O4S/c1-17-10-3-6-13(9-11-18-2)19(15,16)14-7-4-12-5-8-14/h12H,3-11H2,1-2H3. The molecule has 0 atom stereocenters. The fourth-order valence-corrected chi connectivity index (χ4v) is 3.59. The summed E-state index contributed by atoms with van der Waals surface area (Å²) >= 11 is 0. The molecule has 1 N–H and O–H groups in total. The van der Waals surface area contributed by atoms with Gasteiger partial charge in [-0.15, -0.1) is 0 Å². The van der Waals surface area contributed by atoms with Gasteiger partial charge in [-0.2, -0.15) is 17.0 Å². The lowest BCUT2D eigenvalue weighted by atomic mass is 10.4. The van der Waals surface area contributed by atoms with Gasteiger partial charge >= 0.3 is 0 Å². The van der Waals surface area contributed by atoms with Gasteiger partial charge in [0.25, 0.3) is 10.2 Å². The van der Waals surface area contributed by atoms with Gasteiger partial charge in [0.1, 0.15) is 0 Å². The van der Waals surface area contributed by atoms with E-state index in [4.69, 9.17) is 9.47 Å². The first-order chi connectivity index (χ1) is 9.12. The highest BCUT2D eigenvalue weighted by Gasteiger charge is 2.29. The molecule has 0 aromatic rings. The highest BCUT2D eigenvalue weighted by atomic mass is 32.2. The highest BCUT2D eigenvalue weighted by Crippen LogP contribution is 2.10. The Bertz CT molecular complexity index is 331. The summed E-state index contributed by atoms with van der Waals surface area (Å²) in [6, 6.07) is 0. The summed E-state index contributed by atoms with van der Waals surface area (Å²) in [5.74, 6) is 0.